The maximum atomic E-state index is 5.78. The average molecular weight is 353 g/mol. The topological polar surface area (TPSA) is 66.6 Å². The first-order valence-electron chi connectivity index (χ1n) is 6.36. The minimum absolute atomic E-state index is 0.279. The zero-order valence-electron chi connectivity index (χ0n) is 11.9. The molecule has 0 saturated carbocycles. The number of aromatic nitrogens is 1. The van der Waals surface area contributed by atoms with Crippen LogP contribution in [0.5, 0.6) is 17.2 Å². The van der Waals surface area contributed by atoms with Crippen LogP contribution in [-0.2, 0) is 13.2 Å². The van der Waals surface area contributed by atoms with Crippen molar-refractivity contribution in [1.29, 1.82) is 0 Å². The highest BCUT2D eigenvalue weighted by molar-refractivity contribution is 9.10. The van der Waals surface area contributed by atoms with Crippen LogP contribution in [0.3, 0.4) is 0 Å². The zero-order chi connectivity index (χ0) is 15.2. The number of benzene rings is 1. The predicted molar refractivity (Wildman–Crippen MR) is 83.7 cm³/mol. The Labute approximate surface area is 132 Å². The average Bonchev–Trinajstić information content (AvgIpc) is 2.52. The van der Waals surface area contributed by atoms with Crippen LogP contribution in [0, 0.1) is 0 Å². The lowest BCUT2D eigenvalue weighted by Gasteiger charge is -2.13. The summed E-state index contributed by atoms with van der Waals surface area (Å²) in [5, 5.41) is 0. The van der Waals surface area contributed by atoms with E-state index in [9.17, 15) is 0 Å². The van der Waals surface area contributed by atoms with Crippen LogP contribution < -0.4 is 19.9 Å². The first-order chi connectivity index (χ1) is 10.2. The Balaban J connectivity index is 2.16. The van der Waals surface area contributed by atoms with Gasteiger partial charge in [-0.05, 0) is 33.6 Å². The first-order valence-corrected chi connectivity index (χ1v) is 7.16. The van der Waals surface area contributed by atoms with Crippen LogP contribution in [0.1, 0.15) is 11.3 Å². The van der Waals surface area contributed by atoms with Gasteiger partial charge < -0.3 is 19.9 Å². The number of rotatable bonds is 6. The third-order valence-electron chi connectivity index (χ3n) is 2.96. The van der Waals surface area contributed by atoms with Crippen LogP contribution in [0.15, 0.2) is 34.9 Å². The molecule has 2 N–H and O–H groups in total. The predicted octanol–water partition coefficient (Wildman–Crippen LogP) is 2.90. The fraction of sp³-hybridized carbons (Fsp3) is 0.267. The highest BCUT2D eigenvalue weighted by atomic mass is 79.9. The third kappa shape index (κ3) is 3.65. The molecule has 0 unspecified atom stereocenters. The number of pyridine rings is 1. The van der Waals surface area contributed by atoms with Gasteiger partial charge in [0.25, 0.3) is 0 Å². The molecule has 21 heavy (non-hydrogen) atoms. The van der Waals surface area contributed by atoms with Gasteiger partial charge in [-0.1, -0.05) is 6.07 Å². The summed E-state index contributed by atoms with van der Waals surface area (Å²) in [4.78, 5) is 4.27. The normalized spacial score (nSPS) is 10.3. The first kappa shape index (κ1) is 15.6. The van der Waals surface area contributed by atoms with E-state index in [0.29, 0.717) is 23.7 Å². The molecule has 0 bridgehead atoms. The van der Waals surface area contributed by atoms with E-state index < -0.39 is 0 Å². The number of halogens is 1. The van der Waals surface area contributed by atoms with Gasteiger partial charge in [0, 0.05) is 18.8 Å². The lowest BCUT2D eigenvalue weighted by molar-refractivity contribution is 0.283. The molecule has 0 aliphatic heterocycles. The summed E-state index contributed by atoms with van der Waals surface area (Å²) in [5.74, 6) is 1.93. The molecule has 0 amide bonds. The number of nitrogens with zero attached hydrogens (tertiary/aromatic N) is 1. The van der Waals surface area contributed by atoms with Crippen molar-refractivity contribution in [3.8, 4) is 17.2 Å². The molecule has 0 fully saturated rings. The van der Waals surface area contributed by atoms with Crippen molar-refractivity contribution in [2.75, 3.05) is 14.2 Å². The zero-order valence-corrected chi connectivity index (χ0v) is 13.5. The second-order valence-corrected chi connectivity index (χ2v) is 5.11. The van der Waals surface area contributed by atoms with Gasteiger partial charge in [-0.3, -0.25) is 4.98 Å². The largest absolute Gasteiger partial charge is 0.493 e. The van der Waals surface area contributed by atoms with Crippen molar-refractivity contribution < 1.29 is 14.2 Å². The Kier molecular flexibility index (Phi) is 5.41. The SMILES string of the molecule is COc1ccnc(COc2ccc(CN)cc2Br)c1OC. The molecule has 5 nitrogen and oxygen atoms in total. The van der Waals surface area contributed by atoms with Gasteiger partial charge in [0.15, 0.2) is 11.5 Å². The molecule has 1 aromatic heterocycles. The minimum atomic E-state index is 0.279. The molecule has 0 spiro atoms. The molecular weight excluding hydrogens is 336 g/mol. The lowest BCUT2D eigenvalue weighted by Crippen LogP contribution is -2.04. The smallest absolute Gasteiger partial charge is 0.185 e. The van der Waals surface area contributed by atoms with Gasteiger partial charge in [-0.25, -0.2) is 0 Å². The maximum absolute atomic E-state index is 5.78. The summed E-state index contributed by atoms with van der Waals surface area (Å²) in [7, 11) is 3.17. The van der Waals surface area contributed by atoms with Gasteiger partial charge in [-0.15, -0.1) is 0 Å². The number of methoxy groups -OCH3 is 2. The molecule has 0 atom stereocenters. The summed E-state index contributed by atoms with van der Waals surface area (Å²) < 4.78 is 17.2. The fourth-order valence-electron chi connectivity index (χ4n) is 1.89. The molecule has 0 aliphatic rings. The number of ether oxygens (including phenoxy) is 3. The van der Waals surface area contributed by atoms with Crippen LogP contribution in [-0.4, -0.2) is 19.2 Å². The van der Waals surface area contributed by atoms with Crippen LogP contribution in [0.2, 0.25) is 0 Å². The van der Waals surface area contributed by atoms with Crippen LogP contribution in [0.25, 0.3) is 0 Å². The maximum Gasteiger partial charge on any atom is 0.185 e. The van der Waals surface area contributed by atoms with E-state index >= 15 is 0 Å². The van der Waals surface area contributed by atoms with Gasteiger partial charge in [0.05, 0.1) is 18.7 Å². The number of nitrogens with two attached hydrogens (primary N) is 1. The van der Waals surface area contributed by atoms with Gasteiger partial charge in [0.2, 0.25) is 0 Å². The van der Waals surface area contributed by atoms with E-state index in [1.807, 2.05) is 18.2 Å². The van der Waals surface area contributed by atoms with Gasteiger partial charge >= 0.3 is 0 Å². The van der Waals surface area contributed by atoms with Crippen molar-refractivity contribution in [3.63, 3.8) is 0 Å². The second kappa shape index (κ2) is 7.28. The highest BCUT2D eigenvalue weighted by Crippen LogP contribution is 2.31. The Bertz CT molecular complexity index is 620. The van der Waals surface area contributed by atoms with Crippen LogP contribution >= 0.6 is 15.9 Å². The summed E-state index contributed by atoms with van der Waals surface area (Å²) >= 11 is 3.47. The van der Waals surface area contributed by atoms with E-state index in [0.717, 1.165) is 15.8 Å². The van der Waals surface area contributed by atoms with E-state index in [4.69, 9.17) is 19.9 Å². The molecule has 0 saturated heterocycles. The van der Waals surface area contributed by atoms with E-state index in [-0.39, 0.29) is 6.61 Å². The molecule has 0 aliphatic carbocycles. The van der Waals surface area contributed by atoms with E-state index in [1.165, 1.54) is 0 Å². The Morgan fingerprint density at radius 2 is 1.95 bits per heavy atom. The fourth-order valence-corrected chi connectivity index (χ4v) is 2.43. The number of hydrogen-bond acceptors (Lipinski definition) is 5. The molecule has 2 aromatic rings. The number of hydrogen-bond donors (Lipinski definition) is 1. The summed E-state index contributed by atoms with van der Waals surface area (Å²) in [6, 6.07) is 7.48. The van der Waals surface area contributed by atoms with Crippen molar-refractivity contribution in [2.45, 2.75) is 13.2 Å². The van der Waals surface area contributed by atoms with Crippen LogP contribution in [0.4, 0.5) is 0 Å². The highest BCUT2D eigenvalue weighted by Gasteiger charge is 2.12. The molecule has 112 valence electrons. The van der Waals surface area contributed by atoms with E-state index in [1.54, 1.807) is 26.5 Å². The quantitative estimate of drug-likeness (QED) is 0.865. The molecule has 1 heterocycles. The summed E-state index contributed by atoms with van der Waals surface area (Å²) in [5.41, 5.74) is 7.31. The Hall–Kier alpha value is -1.79. The molecular formula is C15H17BrN2O3. The third-order valence-corrected chi connectivity index (χ3v) is 3.58. The monoisotopic (exact) mass is 352 g/mol. The summed E-state index contributed by atoms with van der Waals surface area (Å²) in [6.45, 7) is 0.769. The second-order valence-electron chi connectivity index (χ2n) is 4.25. The lowest BCUT2D eigenvalue weighted by atomic mass is 10.2. The molecule has 1 aromatic carbocycles. The Morgan fingerprint density at radius 1 is 1.14 bits per heavy atom. The minimum Gasteiger partial charge on any atom is -0.493 e. The van der Waals surface area contributed by atoms with E-state index in [2.05, 4.69) is 20.9 Å². The van der Waals surface area contributed by atoms with Gasteiger partial charge in [0.1, 0.15) is 18.1 Å². The summed E-state index contributed by atoms with van der Waals surface area (Å²) in [6.07, 6.45) is 1.66. The standard InChI is InChI=1S/C15H17BrN2O3/c1-19-14-5-6-18-12(15(14)20-2)9-21-13-4-3-10(8-17)7-11(13)16/h3-7H,8-9,17H2,1-2H3. The van der Waals surface area contributed by atoms with Gasteiger partial charge in [-0.2, -0.15) is 0 Å². The van der Waals surface area contributed by atoms with Crippen molar-refractivity contribution in [1.82, 2.24) is 4.98 Å². The Morgan fingerprint density at radius 3 is 2.57 bits per heavy atom. The molecule has 6 heteroatoms. The molecule has 0 radical (unpaired) electrons. The molecule has 2 rings (SSSR count). The van der Waals surface area contributed by atoms with Crippen molar-refractivity contribution in [3.05, 3.63) is 46.2 Å². The van der Waals surface area contributed by atoms with Crippen molar-refractivity contribution >= 4 is 15.9 Å². The van der Waals surface area contributed by atoms with Crippen molar-refractivity contribution in [2.24, 2.45) is 5.73 Å².